The highest BCUT2D eigenvalue weighted by Gasteiger charge is 2.40. The van der Waals surface area contributed by atoms with E-state index < -0.39 is 11.9 Å². The molecule has 0 bridgehead atoms. The van der Waals surface area contributed by atoms with Crippen LogP contribution in [0.3, 0.4) is 0 Å². The standard InChI is InChI=1S/C21H23NO5/c1-26-18-10-6-9-15(20(18)27-2)11-19(23)22-12-16(17(13-22)21(24)25)14-7-4-3-5-8-14/h3-10,16-17H,11-13H2,1-2H3,(H,24,25)/t16-,17+/m0/s1. The zero-order valence-corrected chi connectivity index (χ0v) is 15.4. The third-order valence-electron chi connectivity index (χ3n) is 5.04. The maximum absolute atomic E-state index is 12.9. The molecule has 1 fully saturated rings. The Morgan fingerprint density at radius 2 is 1.78 bits per heavy atom. The fourth-order valence-electron chi connectivity index (χ4n) is 3.66. The van der Waals surface area contributed by atoms with E-state index in [9.17, 15) is 14.7 Å². The Labute approximate surface area is 158 Å². The lowest BCUT2D eigenvalue weighted by molar-refractivity contribution is -0.141. The van der Waals surface area contributed by atoms with Gasteiger partial charge in [0.05, 0.1) is 26.6 Å². The molecule has 3 rings (SSSR count). The number of amides is 1. The Kier molecular flexibility index (Phi) is 5.64. The number of carbonyl (C=O) groups is 2. The lowest BCUT2D eigenvalue weighted by Gasteiger charge is -2.18. The van der Waals surface area contributed by atoms with Gasteiger partial charge in [-0.3, -0.25) is 9.59 Å². The van der Waals surface area contributed by atoms with Crippen molar-refractivity contribution in [3.63, 3.8) is 0 Å². The quantitative estimate of drug-likeness (QED) is 0.847. The first-order valence-electron chi connectivity index (χ1n) is 8.80. The predicted molar refractivity (Wildman–Crippen MR) is 100 cm³/mol. The van der Waals surface area contributed by atoms with Gasteiger partial charge in [-0.15, -0.1) is 0 Å². The second-order valence-corrected chi connectivity index (χ2v) is 6.59. The monoisotopic (exact) mass is 369 g/mol. The molecule has 2 aromatic rings. The molecule has 1 heterocycles. The Hall–Kier alpha value is -3.02. The van der Waals surface area contributed by atoms with Crippen LogP contribution >= 0.6 is 0 Å². The van der Waals surface area contributed by atoms with Crippen LogP contribution in [0.15, 0.2) is 48.5 Å². The number of ether oxygens (including phenoxy) is 2. The number of carbonyl (C=O) groups excluding carboxylic acids is 1. The molecule has 2 aromatic carbocycles. The lowest BCUT2D eigenvalue weighted by atomic mass is 9.89. The van der Waals surface area contributed by atoms with Crippen LogP contribution in [-0.2, 0) is 16.0 Å². The first-order valence-corrected chi connectivity index (χ1v) is 8.80. The molecule has 1 saturated heterocycles. The second kappa shape index (κ2) is 8.12. The summed E-state index contributed by atoms with van der Waals surface area (Å²) in [5, 5.41) is 9.61. The summed E-state index contributed by atoms with van der Waals surface area (Å²) >= 11 is 0. The Bertz CT molecular complexity index is 821. The van der Waals surface area contributed by atoms with Gasteiger partial charge >= 0.3 is 5.97 Å². The number of nitrogens with zero attached hydrogens (tertiary/aromatic N) is 1. The number of methoxy groups -OCH3 is 2. The summed E-state index contributed by atoms with van der Waals surface area (Å²) in [4.78, 5) is 26.2. The average Bonchev–Trinajstić information content (AvgIpc) is 3.14. The van der Waals surface area contributed by atoms with E-state index in [-0.39, 0.29) is 24.8 Å². The van der Waals surface area contributed by atoms with Crippen LogP contribution in [0.2, 0.25) is 0 Å². The number of likely N-dealkylation sites (tertiary alicyclic amines) is 1. The summed E-state index contributed by atoms with van der Waals surface area (Å²) in [6.07, 6.45) is 0.133. The minimum Gasteiger partial charge on any atom is -0.493 e. The molecule has 0 aliphatic carbocycles. The zero-order chi connectivity index (χ0) is 19.4. The number of para-hydroxylation sites is 1. The van der Waals surface area contributed by atoms with Gasteiger partial charge in [-0.1, -0.05) is 42.5 Å². The van der Waals surface area contributed by atoms with Crippen LogP contribution in [0.4, 0.5) is 0 Å². The van der Waals surface area contributed by atoms with Gasteiger partial charge in [0.2, 0.25) is 5.91 Å². The van der Waals surface area contributed by atoms with Gasteiger partial charge in [-0.05, 0) is 11.6 Å². The van der Waals surface area contributed by atoms with Crippen molar-refractivity contribution in [2.45, 2.75) is 12.3 Å². The van der Waals surface area contributed by atoms with Crippen molar-refractivity contribution >= 4 is 11.9 Å². The Morgan fingerprint density at radius 1 is 1.04 bits per heavy atom. The van der Waals surface area contributed by atoms with Crippen molar-refractivity contribution in [2.24, 2.45) is 5.92 Å². The minimum absolute atomic E-state index is 0.119. The van der Waals surface area contributed by atoms with Crippen molar-refractivity contribution < 1.29 is 24.2 Å². The van der Waals surface area contributed by atoms with Gasteiger partial charge in [0.1, 0.15) is 0 Å². The van der Waals surface area contributed by atoms with Gasteiger partial charge in [0.15, 0.2) is 11.5 Å². The largest absolute Gasteiger partial charge is 0.493 e. The maximum Gasteiger partial charge on any atom is 0.308 e. The first kappa shape index (κ1) is 18.8. The Balaban J connectivity index is 1.79. The molecular formula is C21H23NO5. The van der Waals surface area contributed by atoms with Crippen LogP contribution in [0.5, 0.6) is 11.5 Å². The van der Waals surface area contributed by atoms with Gasteiger partial charge in [-0.25, -0.2) is 0 Å². The fraction of sp³-hybridized carbons (Fsp3) is 0.333. The summed E-state index contributed by atoms with van der Waals surface area (Å²) in [6.45, 7) is 0.603. The van der Waals surface area contributed by atoms with Crippen LogP contribution in [0, 0.1) is 5.92 Å². The number of hydrogen-bond acceptors (Lipinski definition) is 4. The van der Waals surface area contributed by atoms with Crippen molar-refractivity contribution in [1.82, 2.24) is 4.90 Å². The molecule has 27 heavy (non-hydrogen) atoms. The van der Waals surface area contributed by atoms with Crippen molar-refractivity contribution in [3.05, 3.63) is 59.7 Å². The molecular weight excluding hydrogens is 346 g/mol. The molecule has 6 nitrogen and oxygen atoms in total. The highest BCUT2D eigenvalue weighted by atomic mass is 16.5. The third-order valence-corrected chi connectivity index (χ3v) is 5.04. The lowest BCUT2D eigenvalue weighted by Crippen LogP contribution is -2.31. The van der Waals surface area contributed by atoms with E-state index in [1.807, 2.05) is 36.4 Å². The topological polar surface area (TPSA) is 76.1 Å². The number of carboxylic acids is 1. The molecule has 0 spiro atoms. The SMILES string of the molecule is COc1cccc(CC(=O)N2C[C@@H](C(=O)O)[C@H](c3ccccc3)C2)c1OC. The molecule has 1 aliphatic heterocycles. The van der Waals surface area contributed by atoms with E-state index in [1.165, 1.54) is 7.11 Å². The van der Waals surface area contributed by atoms with E-state index in [0.717, 1.165) is 11.1 Å². The summed E-state index contributed by atoms with van der Waals surface area (Å²) in [5.74, 6) is -0.718. The predicted octanol–water partition coefficient (Wildman–Crippen LogP) is 2.57. The van der Waals surface area contributed by atoms with E-state index in [2.05, 4.69) is 0 Å². The summed E-state index contributed by atoms with van der Waals surface area (Å²) in [6, 6.07) is 14.9. The van der Waals surface area contributed by atoms with Crippen LogP contribution in [-0.4, -0.2) is 49.2 Å². The average molecular weight is 369 g/mol. The molecule has 0 aromatic heterocycles. The van der Waals surface area contributed by atoms with E-state index in [0.29, 0.717) is 18.0 Å². The highest BCUT2D eigenvalue weighted by molar-refractivity contribution is 5.82. The molecule has 1 N–H and O–H groups in total. The molecule has 6 heteroatoms. The van der Waals surface area contributed by atoms with Crippen LogP contribution in [0.1, 0.15) is 17.0 Å². The summed E-state index contributed by atoms with van der Waals surface area (Å²) in [5.41, 5.74) is 1.66. The van der Waals surface area contributed by atoms with Crippen LogP contribution in [0.25, 0.3) is 0 Å². The number of rotatable bonds is 6. The second-order valence-electron chi connectivity index (χ2n) is 6.59. The normalized spacial score (nSPS) is 19.0. The number of aliphatic carboxylic acids is 1. The molecule has 0 unspecified atom stereocenters. The molecule has 1 amide bonds. The zero-order valence-electron chi connectivity index (χ0n) is 15.4. The number of benzene rings is 2. The summed E-state index contributed by atoms with van der Waals surface area (Å²) in [7, 11) is 3.08. The summed E-state index contributed by atoms with van der Waals surface area (Å²) < 4.78 is 10.7. The number of carboxylic acid groups (broad SMARTS) is 1. The van der Waals surface area contributed by atoms with Crippen molar-refractivity contribution in [3.8, 4) is 11.5 Å². The van der Waals surface area contributed by atoms with E-state index >= 15 is 0 Å². The minimum atomic E-state index is -0.877. The molecule has 2 atom stereocenters. The van der Waals surface area contributed by atoms with Gasteiger partial charge < -0.3 is 19.5 Å². The Morgan fingerprint density at radius 3 is 2.41 bits per heavy atom. The van der Waals surface area contributed by atoms with Gasteiger partial charge in [-0.2, -0.15) is 0 Å². The molecule has 0 radical (unpaired) electrons. The fourth-order valence-corrected chi connectivity index (χ4v) is 3.66. The van der Waals surface area contributed by atoms with Crippen LogP contribution < -0.4 is 9.47 Å². The first-order chi connectivity index (χ1) is 13.0. The molecule has 142 valence electrons. The highest BCUT2D eigenvalue weighted by Crippen LogP contribution is 2.35. The van der Waals surface area contributed by atoms with Gasteiger partial charge in [0.25, 0.3) is 0 Å². The van der Waals surface area contributed by atoms with Gasteiger partial charge in [0, 0.05) is 24.6 Å². The molecule has 1 aliphatic rings. The smallest absolute Gasteiger partial charge is 0.308 e. The van der Waals surface area contributed by atoms with E-state index in [4.69, 9.17) is 9.47 Å². The van der Waals surface area contributed by atoms with Crippen molar-refractivity contribution in [2.75, 3.05) is 27.3 Å². The third kappa shape index (κ3) is 3.89. The number of hydrogen-bond donors (Lipinski definition) is 1. The van der Waals surface area contributed by atoms with Crippen molar-refractivity contribution in [1.29, 1.82) is 0 Å². The van der Waals surface area contributed by atoms with E-state index in [1.54, 1.807) is 24.1 Å². The maximum atomic E-state index is 12.9. The molecule has 0 saturated carbocycles.